The highest BCUT2D eigenvalue weighted by molar-refractivity contribution is 5.96. The van der Waals surface area contributed by atoms with E-state index in [9.17, 15) is 9.59 Å². The zero-order valence-electron chi connectivity index (χ0n) is 12.5. The van der Waals surface area contributed by atoms with Crippen molar-refractivity contribution >= 4 is 35.7 Å². The number of nitrogens with two attached hydrogens (primary N) is 1. The Morgan fingerprint density at radius 2 is 1.81 bits per heavy atom. The first-order valence-corrected chi connectivity index (χ1v) is 6.63. The monoisotopic (exact) mass is 314 g/mol. The molecule has 1 aromatic carbocycles. The fraction of sp³-hybridized carbons (Fsp3) is 0.429. The highest BCUT2D eigenvalue weighted by Crippen LogP contribution is 2.16. The predicted molar refractivity (Wildman–Crippen MR) is 87.8 cm³/mol. The van der Waals surface area contributed by atoms with E-state index in [0.29, 0.717) is 11.4 Å². The minimum atomic E-state index is -0.546. The largest absolute Gasteiger partial charge is 0.341 e. The van der Waals surface area contributed by atoms with Crippen molar-refractivity contribution in [2.45, 2.75) is 26.3 Å². The van der Waals surface area contributed by atoms with E-state index in [0.717, 1.165) is 6.42 Å². The van der Waals surface area contributed by atoms with Gasteiger partial charge in [-0.15, -0.1) is 12.4 Å². The number of amides is 3. The highest BCUT2D eigenvalue weighted by atomic mass is 35.5. The van der Waals surface area contributed by atoms with Crippen LogP contribution in [0.2, 0.25) is 0 Å². The van der Waals surface area contributed by atoms with Crippen LogP contribution in [0.25, 0.3) is 0 Å². The smallest absolute Gasteiger partial charge is 0.318 e. The maximum Gasteiger partial charge on any atom is 0.318 e. The van der Waals surface area contributed by atoms with Crippen LogP contribution in [0.15, 0.2) is 24.3 Å². The summed E-state index contributed by atoms with van der Waals surface area (Å²) in [7, 11) is 1.53. The predicted octanol–water partition coefficient (Wildman–Crippen LogP) is 2.17. The number of urea groups is 1. The summed E-state index contributed by atoms with van der Waals surface area (Å²) in [6.07, 6.45) is 0.840. The lowest BCUT2D eigenvalue weighted by Gasteiger charge is -2.18. The Morgan fingerprint density at radius 3 is 2.33 bits per heavy atom. The number of hydrogen-bond donors (Lipinski definition) is 4. The number of carbonyl (C=O) groups is 2. The van der Waals surface area contributed by atoms with Gasteiger partial charge >= 0.3 is 6.03 Å². The molecule has 1 aromatic rings. The van der Waals surface area contributed by atoms with Gasteiger partial charge in [0.2, 0.25) is 5.91 Å². The Morgan fingerprint density at radius 1 is 1.24 bits per heavy atom. The average Bonchev–Trinajstić information content (AvgIpc) is 2.45. The highest BCUT2D eigenvalue weighted by Gasteiger charge is 2.19. The minimum Gasteiger partial charge on any atom is -0.341 e. The molecule has 0 spiro atoms. The second-order valence-corrected chi connectivity index (χ2v) is 4.69. The summed E-state index contributed by atoms with van der Waals surface area (Å²) in [4.78, 5) is 23.2. The number of benzene rings is 1. The molecule has 0 radical (unpaired) electrons. The molecule has 7 heteroatoms. The number of hydrogen-bond acceptors (Lipinski definition) is 3. The van der Waals surface area contributed by atoms with Gasteiger partial charge in [0, 0.05) is 18.4 Å². The molecular weight excluding hydrogens is 292 g/mol. The van der Waals surface area contributed by atoms with Crippen LogP contribution in [0.5, 0.6) is 0 Å². The van der Waals surface area contributed by atoms with Crippen LogP contribution < -0.4 is 21.7 Å². The Balaban J connectivity index is 0.00000400. The second kappa shape index (κ2) is 9.20. The minimum absolute atomic E-state index is 0. The number of carbonyl (C=O) groups excluding carboxylic acids is 2. The lowest BCUT2D eigenvalue weighted by atomic mass is 9.99. The van der Waals surface area contributed by atoms with E-state index in [4.69, 9.17) is 5.73 Å². The summed E-state index contributed by atoms with van der Waals surface area (Å²) in [5.41, 5.74) is 7.06. The van der Waals surface area contributed by atoms with Gasteiger partial charge in [-0.1, -0.05) is 26.3 Å². The molecule has 0 aliphatic heterocycles. The quantitative estimate of drug-likeness (QED) is 0.670. The van der Waals surface area contributed by atoms with Crippen LogP contribution in [-0.2, 0) is 4.79 Å². The Kier molecular flexibility index (Phi) is 8.42. The van der Waals surface area contributed by atoms with Gasteiger partial charge in [0.15, 0.2) is 0 Å². The van der Waals surface area contributed by atoms with E-state index in [-0.39, 0.29) is 30.3 Å². The van der Waals surface area contributed by atoms with Gasteiger partial charge in [0.05, 0.1) is 6.04 Å². The summed E-state index contributed by atoms with van der Waals surface area (Å²) < 4.78 is 0. The van der Waals surface area contributed by atoms with Crippen LogP contribution in [0, 0.1) is 5.92 Å². The molecule has 0 saturated carbocycles. The van der Waals surface area contributed by atoms with Gasteiger partial charge in [0.25, 0.3) is 0 Å². The Bertz CT molecular complexity index is 482. The third-order valence-electron chi connectivity index (χ3n) is 3.17. The van der Waals surface area contributed by atoms with Gasteiger partial charge in [-0.2, -0.15) is 0 Å². The molecule has 6 nitrogen and oxygen atoms in total. The molecule has 0 aromatic heterocycles. The maximum absolute atomic E-state index is 12.0. The Labute approximate surface area is 131 Å². The van der Waals surface area contributed by atoms with E-state index >= 15 is 0 Å². The molecule has 2 unspecified atom stereocenters. The van der Waals surface area contributed by atoms with E-state index in [1.165, 1.54) is 7.05 Å². The molecule has 5 N–H and O–H groups in total. The molecule has 118 valence electrons. The van der Waals surface area contributed by atoms with Crippen LogP contribution >= 0.6 is 12.4 Å². The molecule has 0 fully saturated rings. The topological polar surface area (TPSA) is 96.2 Å². The molecule has 21 heavy (non-hydrogen) atoms. The summed E-state index contributed by atoms with van der Waals surface area (Å²) >= 11 is 0. The fourth-order valence-electron chi connectivity index (χ4n) is 1.61. The van der Waals surface area contributed by atoms with Crippen molar-refractivity contribution in [1.82, 2.24) is 5.32 Å². The zero-order valence-corrected chi connectivity index (χ0v) is 13.3. The Hall–Kier alpha value is -1.79. The summed E-state index contributed by atoms with van der Waals surface area (Å²) in [6.45, 7) is 3.93. The van der Waals surface area contributed by atoms with E-state index in [1.807, 2.05) is 13.8 Å². The molecule has 0 aliphatic rings. The van der Waals surface area contributed by atoms with Crippen molar-refractivity contribution in [3.05, 3.63) is 24.3 Å². The lowest BCUT2D eigenvalue weighted by molar-refractivity contribution is -0.118. The number of nitrogens with one attached hydrogen (secondary N) is 3. The number of anilines is 2. The molecular formula is C14H23ClN4O2. The van der Waals surface area contributed by atoms with Crippen molar-refractivity contribution in [3.63, 3.8) is 0 Å². The van der Waals surface area contributed by atoms with Gasteiger partial charge in [-0.05, 0) is 24.1 Å². The molecule has 2 atom stereocenters. The van der Waals surface area contributed by atoms with Crippen molar-refractivity contribution in [2.75, 3.05) is 17.7 Å². The number of rotatable bonds is 5. The van der Waals surface area contributed by atoms with Crippen LogP contribution in [0.1, 0.15) is 20.3 Å². The first-order valence-electron chi connectivity index (χ1n) is 6.63. The van der Waals surface area contributed by atoms with Crippen LogP contribution in [0.3, 0.4) is 0 Å². The van der Waals surface area contributed by atoms with Crippen LogP contribution in [0.4, 0.5) is 16.2 Å². The van der Waals surface area contributed by atoms with Crippen LogP contribution in [-0.4, -0.2) is 25.0 Å². The zero-order chi connectivity index (χ0) is 15.1. The SMILES string of the molecule is CCC(C)C(N)C(=O)Nc1cccc(NC(=O)NC)c1.Cl. The molecule has 0 bridgehead atoms. The first-order chi connectivity index (χ1) is 9.47. The molecule has 0 aliphatic carbocycles. The molecule has 3 amide bonds. The van der Waals surface area contributed by atoms with Crippen molar-refractivity contribution in [3.8, 4) is 0 Å². The first kappa shape index (κ1) is 19.2. The third-order valence-corrected chi connectivity index (χ3v) is 3.17. The van der Waals surface area contributed by atoms with Gasteiger partial charge in [-0.25, -0.2) is 4.79 Å². The molecule has 0 heterocycles. The molecule has 1 rings (SSSR count). The normalized spacial score (nSPS) is 12.6. The average molecular weight is 315 g/mol. The summed E-state index contributed by atoms with van der Waals surface area (Å²) in [5, 5.41) is 7.85. The summed E-state index contributed by atoms with van der Waals surface area (Å²) in [5.74, 6) is -0.112. The maximum atomic E-state index is 12.0. The van der Waals surface area contributed by atoms with Crippen molar-refractivity contribution < 1.29 is 9.59 Å². The second-order valence-electron chi connectivity index (χ2n) is 4.69. The molecule has 0 saturated heterocycles. The standard InChI is InChI=1S/C14H22N4O2.ClH/c1-4-9(2)12(15)13(19)17-10-6-5-7-11(8-10)18-14(20)16-3;/h5-9,12H,4,15H2,1-3H3,(H,17,19)(H2,16,18,20);1H. The van der Waals surface area contributed by atoms with Crippen molar-refractivity contribution in [2.24, 2.45) is 11.7 Å². The van der Waals surface area contributed by atoms with Gasteiger partial charge < -0.3 is 21.7 Å². The lowest BCUT2D eigenvalue weighted by Crippen LogP contribution is -2.40. The number of halogens is 1. The third kappa shape index (κ3) is 6.01. The van der Waals surface area contributed by atoms with Crippen molar-refractivity contribution in [1.29, 1.82) is 0 Å². The van der Waals surface area contributed by atoms with E-state index < -0.39 is 6.04 Å². The summed E-state index contributed by atoms with van der Waals surface area (Å²) in [6, 6.07) is 6.04. The van der Waals surface area contributed by atoms with Gasteiger partial charge in [0.1, 0.15) is 0 Å². The van der Waals surface area contributed by atoms with E-state index in [1.54, 1.807) is 24.3 Å². The van der Waals surface area contributed by atoms with E-state index in [2.05, 4.69) is 16.0 Å². The van der Waals surface area contributed by atoms with Gasteiger partial charge in [-0.3, -0.25) is 4.79 Å². The fourth-order valence-corrected chi connectivity index (χ4v) is 1.61.